The fourth-order valence-electron chi connectivity index (χ4n) is 2.60. The molecule has 17 heavy (non-hydrogen) atoms. The molecule has 1 aliphatic carbocycles. The average Bonchev–Trinajstić information content (AvgIpc) is 2.35. The molecule has 0 bridgehead atoms. The van der Waals surface area contributed by atoms with Crippen LogP contribution in [0.2, 0.25) is 0 Å². The number of amides is 1. The standard InChI is InChI=1S/C11H21N5O/c1-2-9-4-3-5-11(8-9,10(12)17)14-6-7-15-16-13/h9,14H,2-8H2,1H3,(H2,12,17). The Morgan fingerprint density at radius 2 is 2.47 bits per heavy atom. The number of nitrogens with two attached hydrogens (primary N) is 1. The van der Waals surface area contributed by atoms with Crippen LogP contribution < -0.4 is 11.1 Å². The number of hydrogen-bond acceptors (Lipinski definition) is 3. The summed E-state index contributed by atoms with van der Waals surface area (Å²) in [6, 6.07) is 0. The molecule has 2 atom stereocenters. The highest BCUT2D eigenvalue weighted by atomic mass is 16.1. The Bertz CT molecular complexity index is 313. The minimum atomic E-state index is -0.593. The van der Waals surface area contributed by atoms with Gasteiger partial charge >= 0.3 is 0 Å². The van der Waals surface area contributed by atoms with E-state index in [1.165, 1.54) is 6.42 Å². The predicted molar refractivity (Wildman–Crippen MR) is 66.2 cm³/mol. The molecule has 0 saturated heterocycles. The highest BCUT2D eigenvalue weighted by Gasteiger charge is 2.40. The minimum absolute atomic E-state index is 0.281. The van der Waals surface area contributed by atoms with Crippen LogP contribution in [0.5, 0.6) is 0 Å². The smallest absolute Gasteiger partial charge is 0.237 e. The van der Waals surface area contributed by atoms with Crippen LogP contribution in [0.25, 0.3) is 10.4 Å². The van der Waals surface area contributed by atoms with Gasteiger partial charge in [-0.1, -0.05) is 31.3 Å². The van der Waals surface area contributed by atoms with Crippen LogP contribution in [-0.4, -0.2) is 24.5 Å². The van der Waals surface area contributed by atoms with Crippen molar-refractivity contribution in [2.45, 2.75) is 44.6 Å². The van der Waals surface area contributed by atoms with Gasteiger partial charge in [0.2, 0.25) is 5.91 Å². The van der Waals surface area contributed by atoms with Crippen LogP contribution in [-0.2, 0) is 4.79 Å². The fourth-order valence-corrected chi connectivity index (χ4v) is 2.60. The number of nitrogens with zero attached hydrogens (tertiary/aromatic N) is 3. The van der Waals surface area contributed by atoms with Gasteiger partial charge in [-0.25, -0.2) is 0 Å². The van der Waals surface area contributed by atoms with Gasteiger partial charge in [-0.05, 0) is 24.3 Å². The van der Waals surface area contributed by atoms with Crippen LogP contribution in [0.15, 0.2) is 5.11 Å². The Hall–Kier alpha value is -1.26. The van der Waals surface area contributed by atoms with E-state index < -0.39 is 5.54 Å². The third-order valence-corrected chi connectivity index (χ3v) is 3.64. The molecule has 0 aromatic carbocycles. The van der Waals surface area contributed by atoms with Gasteiger partial charge < -0.3 is 11.1 Å². The maximum atomic E-state index is 11.7. The van der Waals surface area contributed by atoms with E-state index in [4.69, 9.17) is 11.3 Å². The highest BCUT2D eigenvalue weighted by Crippen LogP contribution is 2.33. The topological polar surface area (TPSA) is 104 Å². The molecule has 0 aromatic heterocycles. The Labute approximate surface area is 102 Å². The second kappa shape index (κ2) is 6.47. The molecule has 6 nitrogen and oxygen atoms in total. The summed E-state index contributed by atoms with van der Waals surface area (Å²) in [7, 11) is 0. The Morgan fingerprint density at radius 1 is 1.71 bits per heavy atom. The Balaban J connectivity index is 2.61. The molecule has 1 fully saturated rings. The summed E-state index contributed by atoms with van der Waals surface area (Å²) in [6.07, 6.45) is 4.86. The first-order valence-electron chi connectivity index (χ1n) is 6.20. The zero-order valence-corrected chi connectivity index (χ0v) is 10.4. The lowest BCUT2D eigenvalue weighted by atomic mass is 9.74. The van der Waals surface area contributed by atoms with E-state index in [1.807, 2.05) is 0 Å². The molecule has 0 spiro atoms. The summed E-state index contributed by atoms with van der Waals surface area (Å²) >= 11 is 0. The molecule has 1 amide bonds. The van der Waals surface area contributed by atoms with Gasteiger partial charge in [0.25, 0.3) is 0 Å². The summed E-state index contributed by atoms with van der Waals surface area (Å²) in [5, 5.41) is 6.65. The number of primary amides is 1. The molecular weight excluding hydrogens is 218 g/mol. The van der Waals surface area contributed by atoms with Gasteiger partial charge in [-0.3, -0.25) is 4.79 Å². The average molecular weight is 239 g/mol. The molecule has 6 heteroatoms. The number of azide groups is 1. The molecular formula is C11H21N5O. The molecule has 96 valence electrons. The van der Waals surface area contributed by atoms with E-state index >= 15 is 0 Å². The first kappa shape index (κ1) is 13.8. The number of carbonyl (C=O) groups is 1. The number of carbonyl (C=O) groups excluding carboxylic acids is 1. The van der Waals surface area contributed by atoms with Crippen molar-refractivity contribution in [2.75, 3.05) is 13.1 Å². The van der Waals surface area contributed by atoms with Crippen LogP contribution in [0.3, 0.4) is 0 Å². The van der Waals surface area contributed by atoms with Crippen molar-refractivity contribution in [2.24, 2.45) is 16.8 Å². The summed E-state index contributed by atoms with van der Waals surface area (Å²) in [5.74, 6) is 0.278. The Morgan fingerprint density at radius 3 is 3.06 bits per heavy atom. The van der Waals surface area contributed by atoms with Crippen molar-refractivity contribution in [1.29, 1.82) is 0 Å². The lowest BCUT2D eigenvalue weighted by Crippen LogP contribution is -2.58. The van der Waals surface area contributed by atoms with Gasteiger partial charge in [0.15, 0.2) is 0 Å². The number of rotatable bonds is 6. The molecule has 1 aliphatic rings. The number of nitrogens with one attached hydrogen (secondary N) is 1. The summed E-state index contributed by atoms with van der Waals surface area (Å²) in [4.78, 5) is 14.3. The second-order valence-corrected chi connectivity index (χ2v) is 4.70. The van der Waals surface area contributed by atoms with Crippen LogP contribution in [0.1, 0.15) is 39.0 Å². The van der Waals surface area contributed by atoms with Gasteiger partial charge in [-0.15, -0.1) is 0 Å². The normalized spacial score (nSPS) is 28.4. The van der Waals surface area contributed by atoms with E-state index in [0.29, 0.717) is 19.0 Å². The predicted octanol–water partition coefficient (Wildman–Crippen LogP) is 1.71. The molecule has 0 heterocycles. The maximum Gasteiger partial charge on any atom is 0.237 e. The van der Waals surface area contributed by atoms with Gasteiger partial charge in [-0.2, -0.15) is 0 Å². The van der Waals surface area contributed by atoms with Crippen molar-refractivity contribution >= 4 is 5.91 Å². The SMILES string of the molecule is CCC1CCCC(NCCN=[N+]=[N-])(C(N)=O)C1. The third-order valence-electron chi connectivity index (χ3n) is 3.64. The van der Waals surface area contributed by atoms with Crippen LogP contribution in [0, 0.1) is 5.92 Å². The van der Waals surface area contributed by atoms with Crippen molar-refractivity contribution in [3.8, 4) is 0 Å². The zero-order valence-electron chi connectivity index (χ0n) is 10.4. The largest absolute Gasteiger partial charge is 0.368 e. The minimum Gasteiger partial charge on any atom is -0.368 e. The molecule has 2 unspecified atom stereocenters. The molecule has 0 aliphatic heterocycles. The quantitative estimate of drug-likeness (QED) is 0.319. The highest BCUT2D eigenvalue weighted by molar-refractivity contribution is 5.84. The summed E-state index contributed by atoms with van der Waals surface area (Å²) in [6.45, 7) is 2.99. The van der Waals surface area contributed by atoms with Gasteiger partial charge in [0.05, 0.1) is 5.54 Å². The zero-order chi connectivity index (χ0) is 12.7. The molecule has 1 saturated carbocycles. The first-order valence-corrected chi connectivity index (χ1v) is 6.20. The third kappa shape index (κ3) is 3.61. The van der Waals surface area contributed by atoms with Crippen molar-refractivity contribution in [1.82, 2.24) is 5.32 Å². The summed E-state index contributed by atoms with van der Waals surface area (Å²) < 4.78 is 0. The second-order valence-electron chi connectivity index (χ2n) is 4.70. The molecule has 0 radical (unpaired) electrons. The van der Waals surface area contributed by atoms with E-state index in [2.05, 4.69) is 22.3 Å². The van der Waals surface area contributed by atoms with Gasteiger partial charge in [0.1, 0.15) is 0 Å². The van der Waals surface area contributed by atoms with E-state index in [0.717, 1.165) is 25.7 Å². The van der Waals surface area contributed by atoms with E-state index in [1.54, 1.807) is 0 Å². The number of hydrogen-bond donors (Lipinski definition) is 2. The molecule has 0 aromatic rings. The lowest BCUT2D eigenvalue weighted by Gasteiger charge is -2.39. The van der Waals surface area contributed by atoms with Crippen LogP contribution >= 0.6 is 0 Å². The van der Waals surface area contributed by atoms with Gasteiger partial charge in [0, 0.05) is 18.0 Å². The molecule has 3 N–H and O–H groups in total. The summed E-state index contributed by atoms with van der Waals surface area (Å²) in [5.41, 5.74) is 13.1. The van der Waals surface area contributed by atoms with Crippen molar-refractivity contribution in [3.63, 3.8) is 0 Å². The Kier molecular flexibility index (Phi) is 5.25. The first-order chi connectivity index (χ1) is 8.14. The van der Waals surface area contributed by atoms with Crippen LogP contribution in [0.4, 0.5) is 0 Å². The van der Waals surface area contributed by atoms with Crippen molar-refractivity contribution in [3.05, 3.63) is 10.4 Å². The van der Waals surface area contributed by atoms with E-state index in [-0.39, 0.29) is 5.91 Å². The van der Waals surface area contributed by atoms with Crippen molar-refractivity contribution < 1.29 is 4.79 Å². The lowest BCUT2D eigenvalue weighted by molar-refractivity contribution is -0.126. The molecule has 1 rings (SSSR count). The van der Waals surface area contributed by atoms with E-state index in [9.17, 15) is 4.79 Å². The monoisotopic (exact) mass is 239 g/mol. The maximum absolute atomic E-state index is 11.7. The fraction of sp³-hybridized carbons (Fsp3) is 0.909.